The van der Waals surface area contributed by atoms with Crippen molar-refractivity contribution < 1.29 is 9.66 Å². The van der Waals surface area contributed by atoms with E-state index in [4.69, 9.17) is 4.74 Å². The molecule has 112 valence electrons. The maximum atomic E-state index is 11.2. The lowest BCUT2D eigenvalue weighted by molar-refractivity contribution is -0.385. The SMILES string of the molecule is CCCOc1cccc(NCCCC(C)C)c1[N+](=O)[O-]. The van der Waals surface area contributed by atoms with Gasteiger partial charge >= 0.3 is 5.69 Å². The molecule has 1 aromatic rings. The van der Waals surface area contributed by atoms with E-state index in [9.17, 15) is 10.1 Å². The third-order valence-electron chi connectivity index (χ3n) is 2.92. The fourth-order valence-corrected chi connectivity index (χ4v) is 1.92. The summed E-state index contributed by atoms with van der Waals surface area (Å²) in [5, 5.41) is 14.4. The summed E-state index contributed by atoms with van der Waals surface area (Å²) >= 11 is 0. The highest BCUT2D eigenvalue weighted by Crippen LogP contribution is 2.34. The quantitative estimate of drug-likeness (QED) is 0.417. The van der Waals surface area contributed by atoms with Gasteiger partial charge in [0, 0.05) is 6.54 Å². The third-order valence-corrected chi connectivity index (χ3v) is 2.92. The van der Waals surface area contributed by atoms with E-state index in [1.165, 1.54) is 0 Å². The average Bonchev–Trinajstić information content (AvgIpc) is 2.40. The number of hydrogen-bond donors (Lipinski definition) is 1. The van der Waals surface area contributed by atoms with E-state index in [1.54, 1.807) is 18.2 Å². The van der Waals surface area contributed by atoms with Crippen LogP contribution in [0, 0.1) is 16.0 Å². The zero-order chi connectivity index (χ0) is 15.0. The maximum absolute atomic E-state index is 11.2. The minimum atomic E-state index is -0.379. The molecule has 0 saturated heterocycles. The van der Waals surface area contributed by atoms with Crippen LogP contribution in [0.4, 0.5) is 11.4 Å². The molecule has 0 spiro atoms. The van der Waals surface area contributed by atoms with Crippen molar-refractivity contribution in [3.05, 3.63) is 28.3 Å². The van der Waals surface area contributed by atoms with Gasteiger partial charge in [-0.1, -0.05) is 26.8 Å². The summed E-state index contributed by atoms with van der Waals surface area (Å²) in [6.45, 7) is 7.52. The first kappa shape index (κ1) is 16.3. The number of hydrogen-bond acceptors (Lipinski definition) is 4. The van der Waals surface area contributed by atoms with E-state index in [1.807, 2.05) is 6.92 Å². The van der Waals surface area contributed by atoms with E-state index in [0.717, 1.165) is 25.8 Å². The van der Waals surface area contributed by atoms with Gasteiger partial charge in [0.2, 0.25) is 0 Å². The van der Waals surface area contributed by atoms with E-state index < -0.39 is 0 Å². The first-order chi connectivity index (χ1) is 9.56. The predicted octanol–water partition coefficient (Wildman–Crippen LogP) is 4.23. The van der Waals surface area contributed by atoms with Crippen LogP contribution in [0.1, 0.15) is 40.0 Å². The van der Waals surface area contributed by atoms with Gasteiger partial charge in [0.15, 0.2) is 5.75 Å². The van der Waals surface area contributed by atoms with Crippen molar-refractivity contribution in [1.82, 2.24) is 0 Å². The summed E-state index contributed by atoms with van der Waals surface area (Å²) in [5.41, 5.74) is 0.567. The van der Waals surface area contributed by atoms with Gasteiger partial charge in [-0.3, -0.25) is 10.1 Å². The van der Waals surface area contributed by atoms with Crippen LogP contribution in [0.25, 0.3) is 0 Å². The van der Waals surface area contributed by atoms with Crippen molar-refractivity contribution in [1.29, 1.82) is 0 Å². The monoisotopic (exact) mass is 280 g/mol. The highest BCUT2D eigenvalue weighted by Gasteiger charge is 2.20. The summed E-state index contributed by atoms with van der Waals surface area (Å²) in [4.78, 5) is 10.9. The van der Waals surface area contributed by atoms with Gasteiger partial charge in [-0.05, 0) is 37.3 Å². The van der Waals surface area contributed by atoms with E-state index in [2.05, 4.69) is 19.2 Å². The lowest BCUT2D eigenvalue weighted by atomic mass is 10.1. The molecule has 5 heteroatoms. The van der Waals surface area contributed by atoms with Crippen molar-refractivity contribution in [2.24, 2.45) is 5.92 Å². The molecule has 0 atom stereocenters. The number of benzene rings is 1. The molecule has 0 aliphatic rings. The third kappa shape index (κ3) is 5.07. The molecule has 0 unspecified atom stereocenters. The van der Waals surface area contributed by atoms with Crippen molar-refractivity contribution >= 4 is 11.4 Å². The molecule has 0 radical (unpaired) electrons. The van der Waals surface area contributed by atoms with Crippen LogP contribution in [-0.4, -0.2) is 18.1 Å². The maximum Gasteiger partial charge on any atom is 0.333 e. The molecule has 0 heterocycles. The fraction of sp³-hybridized carbons (Fsp3) is 0.600. The van der Waals surface area contributed by atoms with Gasteiger partial charge in [0.25, 0.3) is 0 Å². The van der Waals surface area contributed by atoms with Gasteiger partial charge in [-0.15, -0.1) is 0 Å². The van der Waals surface area contributed by atoms with Crippen LogP contribution in [-0.2, 0) is 0 Å². The van der Waals surface area contributed by atoms with Crippen molar-refractivity contribution in [3.8, 4) is 5.75 Å². The van der Waals surface area contributed by atoms with Gasteiger partial charge in [0.05, 0.1) is 11.5 Å². The lowest BCUT2D eigenvalue weighted by Gasteiger charge is -2.11. The molecule has 0 fully saturated rings. The Morgan fingerprint density at radius 1 is 1.40 bits per heavy atom. The molecule has 0 aromatic heterocycles. The Kier molecular flexibility index (Phi) is 6.84. The summed E-state index contributed by atoms with van der Waals surface area (Å²) in [7, 11) is 0. The van der Waals surface area contributed by atoms with E-state index >= 15 is 0 Å². The lowest BCUT2D eigenvalue weighted by Crippen LogP contribution is -2.07. The molecule has 1 rings (SSSR count). The first-order valence-corrected chi connectivity index (χ1v) is 7.20. The number of anilines is 1. The van der Waals surface area contributed by atoms with Crippen LogP contribution in [0.2, 0.25) is 0 Å². The normalized spacial score (nSPS) is 10.6. The second kappa shape index (κ2) is 8.40. The molecule has 0 amide bonds. The molecular weight excluding hydrogens is 256 g/mol. The van der Waals surface area contributed by atoms with Crippen molar-refractivity contribution in [2.45, 2.75) is 40.0 Å². The minimum Gasteiger partial charge on any atom is -0.487 e. The summed E-state index contributed by atoms with van der Waals surface area (Å²) in [5.74, 6) is 0.983. The first-order valence-electron chi connectivity index (χ1n) is 7.20. The van der Waals surface area contributed by atoms with Crippen LogP contribution in [0.5, 0.6) is 5.75 Å². The second-order valence-electron chi connectivity index (χ2n) is 5.22. The van der Waals surface area contributed by atoms with Gasteiger partial charge < -0.3 is 10.1 Å². The average molecular weight is 280 g/mol. The molecule has 5 nitrogen and oxygen atoms in total. The fourth-order valence-electron chi connectivity index (χ4n) is 1.92. The van der Waals surface area contributed by atoms with Gasteiger partial charge in [-0.25, -0.2) is 0 Å². The largest absolute Gasteiger partial charge is 0.487 e. The van der Waals surface area contributed by atoms with Gasteiger partial charge in [0.1, 0.15) is 5.69 Å². The molecule has 0 bridgehead atoms. The highest BCUT2D eigenvalue weighted by atomic mass is 16.6. The molecule has 1 aromatic carbocycles. The van der Waals surface area contributed by atoms with E-state index in [0.29, 0.717) is 24.0 Å². The number of para-hydroxylation sites is 1. The standard InChI is InChI=1S/C15H24N2O3/c1-4-11-20-14-9-5-8-13(15(14)17(18)19)16-10-6-7-12(2)3/h5,8-9,12,16H,4,6-7,10-11H2,1-3H3. The molecule has 20 heavy (non-hydrogen) atoms. The Morgan fingerprint density at radius 3 is 2.75 bits per heavy atom. The van der Waals surface area contributed by atoms with Crippen molar-refractivity contribution in [3.63, 3.8) is 0 Å². The predicted molar refractivity (Wildman–Crippen MR) is 81.4 cm³/mol. The Labute approximate surface area is 120 Å². The Bertz CT molecular complexity index is 433. The summed E-state index contributed by atoms with van der Waals surface area (Å²) in [6, 6.07) is 5.15. The van der Waals surface area contributed by atoms with Crippen LogP contribution >= 0.6 is 0 Å². The molecular formula is C15H24N2O3. The second-order valence-corrected chi connectivity index (χ2v) is 5.22. The zero-order valence-electron chi connectivity index (χ0n) is 12.5. The summed E-state index contributed by atoms with van der Waals surface area (Å²) in [6.07, 6.45) is 2.92. The highest BCUT2D eigenvalue weighted by molar-refractivity contribution is 5.68. The summed E-state index contributed by atoms with van der Waals surface area (Å²) < 4.78 is 5.45. The number of nitrogens with zero attached hydrogens (tertiary/aromatic N) is 1. The minimum absolute atomic E-state index is 0.0329. The smallest absolute Gasteiger partial charge is 0.333 e. The van der Waals surface area contributed by atoms with Crippen LogP contribution in [0.3, 0.4) is 0 Å². The van der Waals surface area contributed by atoms with Crippen LogP contribution in [0.15, 0.2) is 18.2 Å². The number of ether oxygens (including phenoxy) is 1. The van der Waals surface area contributed by atoms with Gasteiger partial charge in [-0.2, -0.15) is 0 Å². The Hall–Kier alpha value is -1.78. The van der Waals surface area contributed by atoms with Crippen LogP contribution < -0.4 is 10.1 Å². The van der Waals surface area contributed by atoms with E-state index in [-0.39, 0.29) is 10.6 Å². The van der Waals surface area contributed by atoms with Crippen molar-refractivity contribution in [2.75, 3.05) is 18.5 Å². The molecule has 1 N–H and O–H groups in total. The molecule has 0 aliphatic carbocycles. The molecule has 0 saturated carbocycles. The Balaban J connectivity index is 2.76. The number of rotatable bonds is 9. The number of nitro benzene ring substituents is 1. The number of nitrogens with one attached hydrogen (secondary N) is 1. The molecule has 0 aliphatic heterocycles. The topological polar surface area (TPSA) is 64.4 Å². The number of nitro groups is 1. The Morgan fingerprint density at radius 2 is 2.15 bits per heavy atom. The zero-order valence-corrected chi connectivity index (χ0v) is 12.5.